The Balaban J connectivity index is 1.11. The third kappa shape index (κ3) is 5.14. The van der Waals surface area contributed by atoms with Crippen LogP contribution in [0.25, 0.3) is 0 Å². The summed E-state index contributed by atoms with van der Waals surface area (Å²) in [7, 11) is 0. The molecule has 2 saturated heterocycles. The van der Waals surface area contributed by atoms with Crippen molar-refractivity contribution in [3.8, 4) is 0 Å². The summed E-state index contributed by atoms with van der Waals surface area (Å²) in [6, 6.07) is 4.55. The first kappa shape index (κ1) is 33.2. The van der Waals surface area contributed by atoms with Gasteiger partial charge < -0.3 is 25.0 Å². The largest absolute Gasteiger partial charge is 0.479 e. The number of carboxylic acids is 1. The molecule has 3 aliphatic heterocycles. The fourth-order valence-electron chi connectivity index (χ4n) is 9.88. The van der Waals surface area contributed by atoms with Crippen LogP contribution >= 0.6 is 0 Å². The second-order valence-electron chi connectivity index (χ2n) is 15.0. The molecule has 4 heterocycles. The number of aliphatic carboxylic acids is 1. The number of ether oxygens (including phenoxy) is 1. The first-order valence-electron chi connectivity index (χ1n) is 16.9. The Bertz CT molecular complexity index is 1720. The molecule has 0 atom stereocenters. The maximum atomic E-state index is 14.7. The van der Waals surface area contributed by atoms with E-state index in [1.165, 1.54) is 17.0 Å². The first-order valence-corrected chi connectivity index (χ1v) is 16.9. The van der Waals surface area contributed by atoms with E-state index in [0.29, 0.717) is 74.8 Å². The number of likely N-dealkylation sites (tertiary alicyclic amines) is 1. The molecule has 1 aromatic carbocycles. The van der Waals surface area contributed by atoms with Crippen molar-refractivity contribution >= 4 is 29.4 Å². The van der Waals surface area contributed by atoms with Gasteiger partial charge in [0, 0.05) is 55.7 Å². The Hall–Kier alpha value is -3.95. The number of hydrogen-bond acceptors (Lipinski definition) is 7. The number of rotatable bonds is 5. The average molecular weight is 708 g/mol. The van der Waals surface area contributed by atoms with Gasteiger partial charge in [-0.25, -0.2) is 14.8 Å². The van der Waals surface area contributed by atoms with Crippen LogP contribution in [0.2, 0.25) is 0 Å². The highest BCUT2D eigenvalue weighted by atomic mass is 19.4. The molecular formula is C34H35F6N5O5. The zero-order valence-corrected chi connectivity index (χ0v) is 26.8. The Morgan fingerprint density at radius 3 is 2.16 bits per heavy atom. The number of fused-ring (bicyclic) bond motifs is 2. The van der Waals surface area contributed by atoms with E-state index in [9.17, 15) is 45.8 Å². The number of nitrogens with one attached hydrogen (secondary N) is 1. The maximum Gasteiger partial charge on any atom is 0.434 e. The number of anilines is 2. The smallest absolute Gasteiger partial charge is 0.434 e. The molecule has 2 amide bonds. The summed E-state index contributed by atoms with van der Waals surface area (Å²) in [5.41, 5.74) is -3.48. The molecule has 0 radical (unpaired) electrons. The molecule has 0 unspecified atom stereocenters. The van der Waals surface area contributed by atoms with Crippen LogP contribution in [0.1, 0.15) is 76.9 Å². The minimum atomic E-state index is -5.09. The summed E-state index contributed by atoms with van der Waals surface area (Å²) in [6.45, 7) is -0.0798. The maximum absolute atomic E-state index is 14.7. The van der Waals surface area contributed by atoms with Crippen molar-refractivity contribution in [2.45, 2.75) is 68.3 Å². The third-order valence-electron chi connectivity index (χ3n) is 12.3. The van der Waals surface area contributed by atoms with Crippen LogP contribution in [0.15, 0.2) is 24.4 Å². The lowest BCUT2D eigenvalue weighted by Gasteiger charge is -2.59. The SMILES string of the molecule is O=C(NC1(C(=O)O)C2CC3CC(C2)CC1C3)c1cnc(N2CC3(CCOCC3)c3cc(C(=O)N4CC(C(F)(F)F)C4)ccc32)nc1C(F)(F)F. The van der Waals surface area contributed by atoms with Crippen molar-refractivity contribution in [2.24, 2.45) is 29.6 Å². The molecular weight excluding hydrogens is 672 g/mol. The molecule has 7 aliphatic rings. The van der Waals surface area contributed by atoms with Gasteiger partial charge in [0.15, 0.2) is 5.69 Å². The number of aromatic nitrogens is 2. The van der Waals surface area contributed by atoms with Crippen LogP contribution in [0.4, 0.5) is 38.0 Å². The van der Waals surface area contributed by atoms with Gasteiger partial charge in [-0.1, -0.05) is 0 Å². The Labute approximate surface area is 282 Å². The molecule has 10 nitrogen and oxygen atoms in total. The molecule has 2 N–H and O–H groups in total. The number of benzene rings is 1. The Morgan fingerprint density at radius 1 is 0.940 bits per heavy atom. The number of carbonyl (C=O) groups excluding carboxylic acids is 2. The molecule has 2 aromatic rings. The van der Waals surface area contributed by atoms with Gasteiger partial charge in [0.2, 0.25) is 5.95 Å². The number of nitrogens with zero attached hydrogens (tertiary/aromatic N) is 4. The van der Waals surface area contributed by atoms with E-state index in [0.717, 1.165) is 17.5 Å². The first-order chi connectivity index (χ1) is 23.6. The zero-order valence-electron chi connectivity index (χ0n) is 26.8. The van der Waals surface area contributed by atoms with E-state index < -0.39 is 71.4 Å². The molecule has 9 rings (SSSR count). The highest BCUT2D eigenvalue weighted by molar-refractivity contribution is 5.99. The quantitative estimate of drug-likeness (QED) is 0.400. The van der Waals surface area contributed by atoms with E-state index in [1.54, 1.807) is 6.07 Å². The van der Waals surface area contributed by atoms with Crippen molar-refractivity contribution < 1.29 is 50.6 Å². The fourth-order valence-corrected chi connectivity index (χ4v) is 9.88. The fraction of sp³-hybridized carbons (Fsp3) is 0.618. The monoisotopic (exact) mass is 707 g/mol. The Morgan fingerprint density at radius 2 is 1.58 bits per heavy atom. The van der Waals surface area contributed by atoms with Gasteiger partial charge in [-0.15, -0.1) is 0 Å². The lowest BCUT2D eigenvalue weighted by atomic mass is 9.48. The molecule has 16 heteroatoms. The van der Waals surface area contributed by atoms with Gasteiger partial charge in [0.25, 0.3) is 11.8 Å². The number of carboxylic acid groups (broad SMARTS) is 1. The van der Waals surface area contributed by atoms with Gasteiger partial charge in [-0.3, -0.25) is 9.59 Å². The van der Waals surface area contributed by atoms with Crippen LogP contribution in [-0.4, -0.2) is 82.3 Å². The van der Waals surface area contributed by atoms with Gasteiger partial charge in [-0.05, 0) is 92.4 Å². The highest BCUT2D eigenvalue weighted by Crippen LogP contribution is 2.58. The lowest BCUT2D eigenvalue weighted by molar-refractivity contribution is -0.202. The predicted molar refractivity (Wildman–Crippen MR) is 163 cm³/mol. The summed E-state index contributed by atoms with van der Waals surface area (Å²) < 4.78 is 88.8. The summed E-state index contributed by atoms with van der Waals surface area (Å²) in [4.78, 5) is 50.3. The van der Waals surface area contributed by atoms with Crippen LogP contribution in [0.3, 0.4) is 0 Å². The van der Waals surface area contributed by atoms with Crippen LogP contribution in [0.5, 0.6) is 0 Å². The van der Waals surface area contributed by atoms with Crippen LogP contribution in [0, 0.1) is 29.6 Å². The minimum absolute atomic E-state index is 0.139. The molecule has 1 aromatic heterocycles. The van der Waals surface area contributed by atoms with Crippen molar-refractivity contribution in [2.75, 3.05) is 37.7 Å². The lowest BCUT2D eigenvalue weighted by Crippen LogP contribution is -2.70. The predicted octanol–water partition coefficient (Wildman–Crippen LogP) is 5.34. The van der Waals surface area contributed by atoms with E-state index >= 15 is 0 Å². The number of amides is 2. The summed E-state index contributed by atoms with van der Waals surface area (Å²) in [5.74, 6) is -4.99. The summed E-state index contributed by atoms with van der Waals surface area (Å²) in [5, 5.41) is 13.0. The molecule has 1 spiro atoms. The Kier molecular flexibility index (Phi) is 7.49. The molecule has 4 aliphatic carbocycles. The normalized spacial score (nSPS) is 30.0. The highest BCUT2D eigenvalue weighted by Gasteiger charge is 2.62. The van der Waals surface area contributed by atoms with Gasteiger partial charge >= 0.3 is 18.3 Å². The van der Waals surface area contributed by atoms with Crippen molar-refractivity contribution in [3.63, 3.8) is 0 Å². The minimum Gasteiger partial charge on any atom is -0.479 e. The van der Waals surface area contributed by atoms with Crippen LogP contribution in [-0.2, 0) is 21.1 Å². The summed E-state index contributed by atoms with van der Waals surface area (Å²) in [6.07, 6.45) is -4.38. The van der Waals surface area contributed by atoms with E-state index in [2.05, 4.69) is 15.3 Å². The van der Waals surface area contributed by atoms with Crippen molar-refractivity contribution in [1.82, 2.24) is 20.2 Å². The zero-order chi connectivity index (χ0) is 35.4. The third-order valence-corrected chi connectivity index (χ3v) is 12.3. The second kappa shape index (κ2) is 11.3. The topological polar surface area (TPSA) is 125 Å². The number of alkyl halides is 6. The number of halogens is 6. The van der Waals surface area contributed by atoms with Gasteiger partial charge in [0.1, 0.15) is 5.54 Å². The van der Waals surface area contributed by atoms with Crippen molar-refractivity contribution in [3.05, 3.63) is 46.8 Å². The van der Waals surface area contributed by atoms with Gasteiger partial charge in [-0.2, -0.15) is 26.3 Å². The molecule has 50 heavy (non-hydrogen) atoms. The molecule has 268 valence electrons. The molecule has 4 bridgehead atoms. The van der Waals surface area contributed by atoms with E-state index in [4.69, 9.17) is 4.74 Å². The van der Waals surface area contributed by atoms with Gasteiger partial charge in [0.05, 0.1) is 11.5 Å². The van der Waals surface area contributed by atoms with Crippen molar-refractivity contribution in [1.29, 1.82) is 0 Å². The molecule has 4 saturated carbocycles. The second-order valence-corrected chi connectivity index (χ2v) is 15.0. The number of carbonyl (C=O) groups is 3. The van der Waals surface area contributed by atoms with Crippen LogP contribution < -0.4 is 10.2 Å². The van der Waals surface area contributed by atoms with E-state index in [-0.39, 0.29) is 29.9 Å². The average Bonchev–Trinajstić information content (AvgIpc) is 3.33. The van der Waals surface area contributed by atoms with E-state index in [1.807, 2.05) is 0 Å². The molecule has 6 fully saturated rings. The standard InChI is InChI=1S/C34H35F6N5O5/c35-33(36,37)22-14-44(15-22)28(47)19-1-2-25-24(12-19)31(3-5-50-6-4-31)16-45(25)30-41-13-23(26(42-30)34(38,39)40)27(46)43-32(29(48)49)20-8-17-7-18(10-20)11-21(32)9-17/h1-2,12-13,17-18,20-22H,3-11,14-16H2,(H,43,46)(H,48,49). The number of hydrogen-bond donors (Lipinski definition) is 2. The summed E-state index contributed by atoms with van der Waals surface area (Å²) >= 11 is 0.